The molecule has 0 spiro atoms. The number of fused-ring (bicyclic) bond motifs is 2. The van der Waals surface area contributed by atoms with E-state index in [4.69, 9.17) is 18.7 Å². The number of rotatable bonds is 3. The molecule has 4 heterocycles. The molecule has 9 nitrogen and oxygen atoms in total. The molecule has 0 bridgehead atoms. The summed E-state index contributed by atoms with van der Waals surface area (Å²) in [6, 6.07) is 11.9. The summed E-state index contributed by atoms with van der Waals surface area (Å²) >= 11 is 0. The third-order valence-electron chi connectivity index (χ3n) is 5.63. The Kier molecular flexibility index (Phi) is 4.03. The van der Waals surface area contributed by atoms with Crippen LogP contribution in [0, 0.1) is 13.8 Å². The van der Waals surface area contributed by atoms with Gasteiger partial charge in [0.25, 0.3) is 5.89 Å². The van der Waals surface area contributed by atoms with Crippen LogP contribution in [-0.4, -0.2) is 31.9 Å². The molecule has 31 heavy (non-hydrogen) atoms. The van der Waals surface area contributed by atoms with E-state index in [1.54, 1.807) is 0 Å². The fourth-order valence-corrected chi connectivity index (χ4v) is 4.03. The van der Waals surface area contributed by atoms with Crippen molar-refractivity contribution in [3.63, 3.8) is 0 Å². The molecule has 0 saturated heterocycles. The molecule has 9 heteroatoms. The van der Waals surface area contributed by atoms with Crippen LogP contribution in [0.5, 0.6) is 11.5 Å². The Morgan fingerprint density at radius 3 is 2.84 bits per heavy atom. The van der Waals surface area contributed by atoms with Gasteiger partial charge in [-0.2, -0.15) is 4.98 Å². The summed E-state index contributed by atoms with van der Waals surface area (Å²) in [7, 11) is 0. The van der Waals surface area contributed by atoms with Crippen molar-refractivity contribution in [2.75, 3.05) is 6.79 Å². The summed E-state index contributed by atoms with van der Waals surface area (Å²) in [4.78, 5) is 4.51. The van der Waals surface area contributed by atoms with E-state index in [0.29, 0.717) is 42.1 Å². The molecule has 4 aromatic rings. The fraction of sp³-hybridized carbons (Fsp3) is 0.273. The van der Waals surface area contributed by atoms with Crippen molar-refractivity contribution < 1.29 is 18.7 Å². The first-order chi connectivity index (χ1) is 15.2. The molecule has 0 N–H and O–H groups in total. The first-order valence-electron chi connectivity index (χ1n) is 10.0. The zero-order valence-electron chi connectivity index (χ0n) is 17.0. The van der Waals surface area contributed by atoms with Gasteiger partial charge in [-0.1, -0.05) is 34.1 Å². The Labute approximate surface area is 177 Å². The van der Waals surface area contributed by atoms with Gasteiger partial charge in [-0.25, -0.2) is 4.68 Å². The van der Waals surface area contributed by atoms with Crippen LogP contribution in [0.1, 0.15) is 28.5 Å². The maximum atomic E-state index is 6.15. The van der Waals surface area contributed by atoms with Crippen LogP contribution < -0.4 is 9.47 Å². The smallest absolute Gasteiger partial charge is 0.280 e. The Balaban J connectivity index is 1.27. The van der Waals surface area contributed by atoms with Gasteiger partial charge < -0.3 is 18.7 Å². The Hall–Kier alpha value is -3.72. The highest BCUT2D eigenvalue weighted by Gasteiger charge is 2.29. The molecule has 0 radical (unpaired) electrons. The summed E-state index contributed by atoms with van der Waals surface area (Å²) in [5, 5.41) is 12.7. The SMILES string of the molecule is Cc1ccc([C@H]2Cn3nnc(-c4nc(-c5ccc6c(c5)OCO6)no4)c3CO2)c(C)c1. The van der Waals surface area contributed by atoms with E-state index in [-0.39, 0.29) is 12.9 Å². The number of benzene rings is 2. The highest BCUT2D eigenvalue weighted by Crippen LogP contribution is 2.36. The quantitative estimate of drug-likeness (QED) is 0.499. The summed E-state index contributed by atoms with van der Waals surface area (Å²) in [5.41, 5.74) is 5.73. The van der Waals surface area contributed by atoms with Gasteiger partial charge in [-0.05, 0) is 43.2 Å². The van der Waals surface area contributed by atoms with E-state index in [0.717, 1.165) is 16.8 Å². The second kappa shape index (κ2) is 6.92. The topological polar surface area (TPSA) is 97.3 Å². The van der Waals surface area contributed by atoms with Gasteiger partial charge >= 0.3 is 0 Å². The van der Waals surface area contributed by atoms with Crippen molar-refractivity contribution in [1.82, 2.24) is 25.1 Å². The molecule has 6 rings (SSSR count). The average Bonchev–Trinajstić information content (AvgIpc) is 3.51. The second-order valence-corrected chi connectivity index (χ2v) is 7.72. The molecular formula is C22H19N5O4. The maximum Gasteiger partial charge on any atom is 0.280 e. The van der Waals surface area contributed by atoms with Crippen molar-refractivity contribution in [1.29, 1.82) is 0 Å². The van der Waals surface area contributed by atoms with Crippen molar-refractivity contribution in [3.05, 3.63) is 58.8 Å². The molecule has 0 amide bonds. The predicted molar refractivity (Wildman–Crippen MR) is 108 cm³/mol. The molecule has 2 aliphatic rings. The molecule has 0 fully saturated rings. The van der Waals surface area contributed by atoms with Gasteiger partial charge in [0.2, 0.25) is 12.6 Å². The second-order valence-electron chi connectivity index (χ2n) is 7.72. The number of hydrogen-bond acceptors (Lipinski definition) is 8. The summed E-state index contributed by atoms with van der Waals surface area (Å²) in [6.07, 6.45) is -0.0745. The van der Waals surface area contributed by atoms with Gasteiger partial charge in [0.15, 0.2) is 17.2 Å². The number of aryl methyl sites for hydroxylation is 2. The zero-order valence-corrected chi connectivity index (χ0v) is 17.0. The Bertz CT molecular complexity index is 1300. The first-order valence-corrected chi connectivity index (χ1v) is 10.0. The lowest BCUT2D eigenvalue weighted by Crippen LogP contribution is -2.22. The van der Waals surface area contributed by atoms with Crippen LogP contribution in [0.15, 0.2) is 40.9 Å². The summed E-state index contributed by atoms with van der Waals surface area (Å²) in [6.45, 7) is 5.34. The zero-order chi connectivity index (χ0) is 20.9. The van der Waals surface area contributed by atoms with Gasteiger partial charge in [-0.15, -0.1) is 5.10 Å². The van der Waals surface area contributed by atoms with E-state index < -0.39 is 0 Å². The number of nitrogens with zero attached hydrogens (tertiary/aromatic N) is 5. The molecule has 2 aromatic heterocycles. The van der Waals surface area contributed by atoms with Gasteiger partial charge in [-0.3, -0.25) is 0 Å². The molecule has 0 aliphatic carbocycles. The Morgan fingerprint density at radius 1 is 1.03 bits per heavy atom. The minimum Gasteiger partial charge on any atom is -0.454 e. The molecule has 0 unspecified atom stereocenters. The largest absolute Gasteiger partial charge is 0.454 e. The van der Waals surface area contributed by atoms with Crippen LogP contribution in [0.3, 0.4) is 0 Å². The normalized spacial score (nSPS) is 17.0. The third-order valence-corrected chi connectivity index (χ3v) is 5.63. The van der Waals surface area contributed by atoms with E-state index >= 15 is 0 Å². The molecule has 1 atom stereocenters. The van der Waals surface area contributed by atoms with Gasteiger partial charge in [0, 0.05) is 5.56 Å². The van der Waals surface area contributed by atoms with Crippen molar-refractivity contribution in [2.24, 2.45) is 0 Å². The summed E-state index contributed by atoms with van der Waals surface area (Å²) < 4.78 is 24.3. The van der Waals surface area contributed by atoms with E-state index in [1.165, 1.54) is 11.1 Å². The predicted octanol–water partition coefficient (Wildman–Crippen LogP) is 3.61. The minimum atomic E-state index is -0.0745. The fourth-order valence-electron chi connectivity index (χ4n) is 4.03. The minimum absolute atomic E-state index is 0.0745. The van der Waals surface area contributed by atoms with E-state index in [9.17, 15) is 0 Å². The van der Waals surface area contributed by atoms with Gasteiger partial charge in [0.05, 0.1) is 18.8 Å². The van der Waals surface area contributed by atoms with E-state index in [1.807, 2.05) is 22.9 Å². The van der Waals surface area contributed by atoms with Crippen LogP contribution >= 0.6 is 0 Å². The van der Waals surface area contributed by atoms with Crippen LogP contribution in [0.4, 0.5) is 0 Å². The number of hydrogen-bond donors (Lipinski definition) is 0. The highest BCUT2D eigenvalue weighted by molar-refractivity contribution is 5.63. The lowest BCUT2D eigenvalue weighted by Gasteiger charge is -2.25. The van der Waals surface area contributed by atoms with Crippen molar-refractivity contribution >= 4 is 0 Å². The standard InChI is InChI=1S/C22H19N5O4/c1-12-3-5-15(13(2)7-12)19-9-27-16(10-28-19)20(24-26-27)22-23-21(25-31-22)14-4-6-17-18(8-14)30-11-29-17/h3-8,19H,9-11H2,1-2H3/t19-/m1/s1. The molecule has 156 valence electrons. The van der Waals surface area contributed by atoms with E-state index in [2.05, 4.69) is 52.5 Å². The number of ether oxygens (including phenoxy) is 3. The van der Waals surface area contributed by atoms with Crippen molar-refractivity contribution in [3.8, 4) is 34.5 Å². The van der Waals surface area contributed by atoms with Crippen LogP contribution in [0.25, 0.3) is 23.0 Å². The van der Waals surface area contributed by atoms with Crippen LogP contribution in [0.2, 0.25) is 0 Å². The van der Waals surface area contributed by atoms with Gasteiger partial charge in [0.1, 0.15) is 6.10 Å². The first kappa shape index (κ1) is 18.1. The molecule has 2 aromatic carbocycles. The molecule has 0 saturated carbocycles. The average molecular weight is 417 g/mol. The van der Waals surface area contributed by atoms with Crippen molar-refractivity contribution in [2.45, 2.75) is 33.1 Å². The Morgan fingerprint density at radius 2 is 1.94 bits per heavy atom. The molecular weight excluding hydrogens is 398 g/mol. The van der Waals surface area contributed by atoms with Crippen LogP contribution in [-0.2, 0) is 17.9 Å². The summed E-state index contributed by atoms with van der Waals surface area (Å²) in [5.74, 6) is 2.12. The lowest BCUT2D eigenvalue weighted by molar-refractivity contribution is -0.00153. The lowest BCUT2D eigenvalue weighted by atomic mass is 10.0. The number of aromatic nitrogens is 5. The maximum absolute atomic E-state index is 6.15. The molecule has 2 aliphatic heterocycles. The monoisotopic (exact) mass is 417 g/mol. The highest BCUT2D eigenvalue weighted by atomic mass is 16.7. The third kappa shape index (κ3) is 3.05.